The van der Waals surface area contributed by atoms with Crippen LogP contribution in [-0.4, -0.2) is 72.1 Å². The lowest BCUT2D eigenvalue weighted by Crippen LogP contribution is -2.45. The molecule has 0 radical (unpaired) electrons. The molecular formula is C24H31ClN2O7S. The Hall–Kier alpha value is -2.69. The average molecular weight is 527 g/mol. The predicted molar refractivity (Wildman–Crippen MR) is 132 cm³/mol. The molecule has 1 heterocycles. The zero-order valence-electron chi connectivity index (χ0n) is 20.5. The van der Waals surface area contributed by atoms with E-state index in [0.29, 0.717) is 48.9 Å². The van der Waals surface area contributed by atoms with Gasteiger partial charge in [0, 0.05) is 26.7 Å². The molecule has 2 aromatic rings. The number of nitrogens with zero attached hydrogens (tertiary/aromatic N) is 2. The number of carbonyl (C=O) groups excluding carboxylic acids is 1. The van der Waals surface area contributed by atoms with Gasteiger partial charge in [-0.05, 0) is 48.7 Å². The Morgan fingerprint density at radius 1 is 1.03 bits per heavy atom. The minimum absolute atomic E-state index is 0.0715. The second-order valence-electron chi connectivity index (χ2n) is 8.23. The van der Waals surface area contributed by atoms with Gasteiger partial charge in [-0.25, -0.2) is 8.42 Å². The van der Waals surface area contributed by atoms with E-state index in [4.69, 9.17) is 30.5 Å². The summed E-state index contributed by atoms with van der Waals surface area (Å²) in [6.45, 7) is 0.740. The fourth-order valence-corrected chi connectivity index (χ4v) is 6.08. The summed E-state index contributed by atoms with van der Waals surface area (Å²) in [5.74, 6) is 1.27. The van der Waals surface area contributed by atoms with Crippen molar-refractivity contribution < 1.29 is 32.2 Å². The molecule has 0 N–H and O–H groups in total. The summed E-state index contributed by atoms with van der Waals surface area (Å²) in [5, 5.41) is 0.211. The minimum Gasteiger partial charge on any atom is -0.495 e. The molecule has 0 spiro atoms. The van der Waals surface area contributed by atoms with Crippen molar-refractivity contribution in [2.45, 2.75) is 24.3 Å². The van der Waals surface area contributed by atoms with Crippen LogP contribution < -0.4 is 18.9 Å². The van der Waals surface area contributed by atoms with E-state index in [1.807, 2.05) is 0 Å². The fraction of sp³-hybridized carbons (Fsp3) is 0.458. The van der Waals surface area contributed by atoms with Crippen LogP contribution in [0, 0.1) is 5.92 Å². The van der Waals surface area contributed by atoms with Crippen LogP contribution in [0.2, 0.25) is 5.02 Å². The number of hydrogen-bond donors (Lipinski definition) is 0. The van der Waals surface area contributed by atoms with Crippen molar-refractivity contribution in [3.05, 3.63) is 40.9 Å². The number of piperidine rings is 1. The number of halogens is 1. The Labute approximate surface area is 211 Å². The van der Waals surface area contributed by atoms with E-state index in [1.54, 1.807) is 24.1 Å². The third-order valence-corrected chi connectivity index (χ3v) is 8.17. The lowest BCUT2D eigenvalue weighted by molar-refractivity contribution is -0.135. The average Bonchev–Trinajstić information content (AvgIpc) is 2.87. The van der Waals surface area contributed by atoms with Gasteiger partial charge in [0.1, 0.15) is 5.75 Å². The third-order valence-electron chi connectivity index (χ3n) is 6.01. The highest BCUT2D eigenvalue weighted by Crippen LogP contribution is 2.38. The zero-order chi connectivity index (χ0) is 25.8. The summed E-state index contributed by atoms with van der Waals surface area (Å²) in [7, 11) is 3.94. The summed E-state index contributed by atoms with van der Waals surface area (Å²) < 4.78 is 49.1. The topological polar surface area (TPSA) is 94.6 Å². The Morgan fingerprint density at radius 2 is 1.66 bits per heavy atom. The summed E-state index contributed by atoms with van der Waals surface area (Å²) in [5.41, 5.74) is 0.795. The van der Waals surface area contributed by atoms with Crippen molar-refractivity contribution in [2.75, 3.05) is 48.6 Å². The molecule has 9 nitrogen and oxygen atoms in total. The Kier molecular flexibility index (Phi) is 8.74. The van der Waals surface area contributed by atoms with Gasteiger partial charge in [0.2, 0.25) is 21.7 Å². The highest BCUT2D eigenvalue weighted by molar-refractivity contribution is 7.89. The molecule has 192 valence electrons. The van der Waals surface area contributed by atoms with Crippen LogP contribution in [0.3, 0.4) is 0 Å². The second kappa shape index (κ2) is 11.4. The van der Waals surface area contributed by atoms with Crippen LogP contribution >= 0.6 is 11.6 Å². The highest BCUT2D eigenvalue weighted by atomic mass is 35.5. The van der Waals surface area contributed by atoms with Crippen LogP contribution in [-0.2, 0) is 21.4 Å². The van der Waals surface area contributed by atoms with E-state index >= 15 is 0 Å². The monoisotopic (exact) mass is 526 g/mol. The smallest absolute Gasteiger partial charge is 0.243 e. The number of rotatable bonds is 9. The molecule has 1 saturated heterocycles. The van der Waals surface area contributed by atoms with Gasteiger partial charge < -0.3 is 23.8 Å². The van der Waals surface area contributed by atoms with Crippen molar-refractivity contribution >= 4 is 27.5 Å². The van der Waals surface area contributed by atoms with Crippen molar-refractivity contribution in [1.29, 1.82) is 0 Å². The van der Waals surface area contributed by atoms with Gasteiger partial charge in [-0.3, -0.25) is 4.79 Å². The third kappa shape index (κ3) is 5.76. The van der Waals surface area contributed by atoms with Gasteiger partial charge in [0.15, 0.2) is 11.5 Å². The number of benzene rings is 2. The van der Waals surface area contributed by atoms with Gasteiger partial charge in [0.25, 0.3) is 0 Å². The van der Waals surface area contributed by atoms with E-state index in [2.05, 4.69) is 0 Å². The Balaban J connectivity index is 1.75. The lowest BCUT2D eigenvalue weighted by atomic mass is 9.98. The summed E-state index contributed by atoms with van der Waals surface area (Å²) >= 11 is 6.14. The normalized spacial score (nSPS) is 16.5. The van der Waals surface area contributed by atoms with Crippen molar-refractivity contribution in [3.63, 3.8) is 0 Å². The van der Waals surface area contributed by atoms with Gasteiger partial charge >= 0.3 is 0 Å². The summed E-state index contributed by atoms with van der Waals surface area (Å²) in [6.07, 6.45) is 1.19. The molecule has 0 saturated carbocycles. The van der Waals surface area contributed by atoms with Crippen molar-refractivity contribution in [3.8, 4) is 23.0 Å². The maximum absolute atomic E-state index is 13.3. The van der Waals surface area contributed by atoms with E-state index in [9.17, 15) is 13.2 Å². The number of methoxy groups -OCH3 is 4. The molecule has 0 aromatic heterocycles. The maximum Gasteiger partial charge on any atom is 0.243 e. The molecule has 1 aliphatic heterocycles. The molecule has 1 atom stereocenters. The number of sulfonamides is 1. The number of hydrogen-bond acceptors (Lipinski definition) is 7. The van der Waals surface area contributed by atoms with Crippen molar-refractivity contribution in [1.82, 2.24) is 9.21 Å². The van der Waals surface area contributed by atoms with Gasteiger partial charge in [-0.15, -0.1) is 0 Å². The van der Waals surface area contributed by atoms with Gasteiger partial charge in [-0.2, -0.15) is 4.31 Å². The van der Waals surface area contributed by atoms with Crippen LogP contribution in [0.5, 0.6) is 23.0 Å². The molecule has 2 aromatic carbocycles. The first-order chi connectivity index (χ1) is 16.7. The lowest BCUT2D eigenvalue weighted by Gasteiger charge is -2.33. The first kappa shape index (κ1) is 26.9. The maximum atomic E-state index is 13.3. The molecule has 0 unspecified atom stereocenters. The Bertz CT molecular complexity index is 1150. The minimum atomic E-state index is -3.81. The first-order valence-corrected chi connectivity index (χ1v) is 12.9. The first-order valence-electron chi connectivity index (χ1n) is 11.0. The fourth-order valence-electron chi connectivity index (χ4n) is 4.21. The SMILES string of the molecule is COc1ccc(S(=O)(=O)N2CCC[C@H](C(=O)N(C)Cc3cc(OC)c(OC)c(OC)c3)C2)cc1Cl. The molecule has 3 rings (SSSR count). The van der Waals surface area contributed by atoms with E-state index in [1.165, 1.54) is 50.9 Å². The largest absolute Gasteiger partial charge is 0.495 e. The molecule has 1 amide bonds. The quantitative estimate of drug-likeness (QED) is 0.494. The van der Waals surface area contributed by atoms with Crippen LogP contribution in [0.1, 0.15) is 18.4 Å². The molecule has 1 aliphatic rings. The van der Waals surface area contributed by atoms with Crippen LogP contribution in [0.15, 0.2) is 35.2 Å². The molecule has 0 aliphatic carbocycles. The van der Waals surface area contributed by atoms with E-state index < -0.39 is 15.9 Å². The molecule has 35 heavy (non-hydrogen) atoms. The van der Waals surface area contributed by atoms with Crippen LogP contribution in [0.4, 0.5) is 0 Å². The van der Waals surface area contributed by atoms with Crippen LogP contribution in [0.25, 0.3) is 0 Å². The van der Waals surface area contributed by atoms with Gasteiger partial charge in [0.05, 0.1) is 44.3 Å². The molecular weight excluding hydrogens is 496 g/mol. The Morgan fingerprint density at radius 3 is 2.20 bits per heavy atom. The highest BCUT2D eigenvalue weighted by Gasteiger charge is 2.35. The zero-order valence-corrected chi connectivity index (χ0v) is 22.1. The number of carbonyl (C=O) groups is 1. The second-order valence-corrected chi connectivity index (χ2v) is 10.6. The predicted octanol–water partition coefficient (Wildman–Crippen LogP) is 3.43. The van der Waals surface area contributed by atoms with E-state index in [0.717, 1.165) is 5.56 Å². The standard InChI is InChI=1S/C24H31ClN2O7S/c1-26(14-16-11-21(32-3)23(34-5)22(12-16)33-4)24(28)17-7-6-10-27(15-17)35(29,30)18-8-9-20(31-2)19(25)13-18/h8-9,11-13,17H,6-7,10,14-15H2,1-5H3/t17-/m0/s1. The summed E-state index contributed by atoms with van der Waals surface area (Å²) in [6, 6.07) is 7.93. The van der Waals surface area contributed by atoms with Crippen molar-refractivity contribution in [2.24, 2.45) is 5.92 Å². The summed E-state index contributed by atoms with van der Waals surface area (Å²) in [4.78, 5) is 14.9. The molecule has 11 heteroatoms. The molecule has 0 bridgehead atoms. The molecule has 1 fully saturated rings. The van der Waals surface area contributed by atoms with Gasteiger partial charge in [-0.1, -0.05) is 11.6 Å². The number of ether oxygens (including phenoxy) is 4. The van der Waals surface area contributed by atoms with E-state index in [-0.39, 0.29) is 22.4 Å². The number of amides is 1.